The van der Waals surface area contributed by atoms with Crippen molar-refractivity contribution in [1.82, 2.24) is 0 Å². The van der Waals surface area contributed by atoms with Gasteiger partial charge in [0.25, 0.3) is 5.69 Å². The van der Waals surface area contributed by atoms with E-state index in [0.717, 1.165) is 22.9 Å². The molecule has 2 aromatic carbocycles. The number of rotatable bonds is 2. The lowest BCUT2D eigenvalue weighted by atomic mass is 9.80. The molecule has 0 bridgehead atoms. The van der Waals surface area contributed by atoms with Crippen LogP contribution in [0.3, 0.4) is 0 Å². The SMILES string of the molecule is O=c1oc2ccccc2c2c1N[C@@H](c1ccc([N+](=O)[O-])cc1)[C@@H]1CCO[C@H]21. The second-order valence-corrected chi connectivity index (χ2v) is 6.89. The number of benzene rings is 2. The van der Waals surface area contributed by atoms with E-state index in [2.05, 4.69) is 5.32 Å². The summed E-state index contributed by atoms with van der Waals surface area (Å²) in [5.41, 5.74) is 2.32. The van der Waals surface area contributed by atoms with E-state index in [1.807, 2.05) is 18.2 Å². The fourth-order valence-electron chi connectivity index (χ4n) is 4.25. The quantitative estimate of drug-likeness (QED) is 0.420. The Bertz CT molecular complexity index is 1110. The number of nitrogens with one attached hydrogen (secondary N) is 1. The summed E-state index contributed by atoms with van der Waals surface area (Å²) in [6.45, 7) is 0.606. The van der Waals surface area contributed by atoms with Crippen LogP contribution in [-0.2, 0) is 4.74 Å². The zero-order chi connectivity index (χ0) is 18.5. The summed E-state index contributed by atoms with van der Waals surface area (Å²) in [6, 6.07) is 13.7. The van der Waals surface area contributed by atoms with Gasteiger partial charge >= 0.3 is 5.63 Å². The van der Waals surface area contributed by atoms with Crippen molar-refractivity contribution < 1.29 is 14.1 Å². The highest BCUT2D eigenvalue weighted by Crippen LogP contribution is 2.50. The third-order valence-corrected chi connectivity index (χ3v) is 5.47. The first-order valence-corrected chi connectivity index (χ1v) is 8.82. The third-order valence-electron chi connectivity index (χ3n) is 5.47. The van der Waals surface area contributed by atoms with Crippen LogP contribution in [0.25, 0.3) is 11.0 Å². The summed E-state index contributed by atoms with van der Waals surface area (Å²) in [5.74, 6) is 0.129. The van der Waals surface area contributed by atoms with E-state index in [0.29, 0.717) is 17.9 Å². The number of fused-ring (bicyclic) bond motifs is 5. The number of non-ortho nitro benzene ring substituents is 1. The van der Waals surface area contributed by atoms with Gasteiger partial charge in [0.1, 0.15) is 11.3 Å². The van der Waals surface area contributed by atoms with Gasteiger partial charge in [0.2, 0.25) is 0 Å². The minimum atomic E-state index is -0.426. The molecule has 0 aliphatic carbocycles. The Morgan fingerprint density at radius 1 is 1.11 bits per heavy atom. The first-order valence-electron chi connectivity index (χ1n) is 8.82. The molecule has 27 heavy (non-hydrogen) atoms. The van der Waals surface area contributed by atoms with Crippen LogP contribution in [0.4, 0.5) is 11.4 Å². The molecule has 5 rings (SSSR count). The predicted molar refractivity (Wildman–Crippen MR) is 98.7 cm³/mol. The molecule has 0 amide bonds. The summed E-state index contributed by atoms with van der Waals surface area (Å²) in [6.07, 6.45) is 0.628. The molecular formula is C20H16N2O5. The van der Waals surface area contributed by atoms with E-state index in [1.54, 1.807) is 18.2 Å². The second-order valence-electron chi connectivity index (χ2n) is 6.89. The zero-order valence-corrected chi connectivity index (χ0v) is 14.3. The van der Waals surface area contributed by atoms with Gasteiger partial charge in [0.15, 0.2) is 0 Å². The number of anilines is 1. The molecule has 1 N–H and O–H groups in total. The molecule has 0 radical (unpaired) electrons. The molecule has 0 unspecified atom stereocenters. The summed E-state index contributed by atoms with van der Waals surface area (Å²) in [5, 5.41) is 15.1. The minimum absolute atomic E-state index is 0.0414. The molecule has 1 saturated heterocycles. The maximum Gasteiger partial charge on any atom is 0.360 e. The van der Waals surface area contributed by atoms with Gasteiger partial charge < -0.3 is 14.5 Å². The Balaban J connectivity index is 1.65. The fourth-order valence-corrected chi connectivity index (χ4v) is 4.25. The van der Waals surface area contributed by atoms with E-state index in [-0.39, 0.29) is 23.8 Å². The van der Waals surface area contributed by atoms with Crippen molar-refractivity contribution in [1.29, 1.82) is 0 Å². The molecular weight excluding hydrogens is 348 g/mol. The molecule has 3 atom stereocenters. The fraction of sp³-hybridized carbons (Fsp3) is 0.250. The first kappa shape index (κ1) is 16.0. The van der Waals surface area contributed by atoms with Crippen molar-refractivity contribution in [3.8, 4) is 0 Å². The summed E-state index contributed by atoms with van der Waals surface area (Å²) >= 11 is 0. The first-order chi connectivity index (χ1) is 13.1. The van der Waals surface area contributed by atoms with E-state index >= 15 is 0 Å². The highest BCUT2D eigenvalue weighted by Gasteiger charge is 2.43. The Labute approximate surface area is 153 Å². The molecule has 7 heteroatoms. The van der Waals surface area contributed by atoms with Gasteiger partial charge in [-0.25, -0.2) is 4.79 Å². The average Bonchev–Trinajstić information content (AvgIpc) is 3.17. The third kappa shape index (κ3) is 2.43. The molecule has 2 aliphatic heterocycles. The van der Waals surface area contributed by atoms with Crippen LogP contribution in [0.1, 0.15) is 29.7 Å². The van der Waals surface area contributed by atoms with Crippen LogP contribution in [0.2, 0.25) is 0 Å². The van der Waals surface area contributed by atoms with E-state index in [9.17, 15) is 14.9 Å². The molecule has 2 aliphatic rings. The van der Waals surface area contributed by atoms with Crippen molar-refractivity contribution in [2.75, 3.05) is 11.9 Å². The van der Waals surface area contributed by atoms with Gasteiger partial charge in [0.05, 0.1) is 17.1 Å². The van der Waals surface area contributed by atoms with Crippen LogP contribution in [0, 0.1) is 16.0 Å². The molecule has 0 spiro atoms. The van der Waals surface area contributed by atoms with Crippen LogP contribution in [-0.4, -0.2) is 11.5 Å². The number of nitro benzene ring substituents is 1. The zero-order valence-electron chi connectivity index (χ0n) is 14.3. The molecule has 3 aromatic rings. The van der Waals surface area contributed by atoms with Gasteiger partial charge in [0, 0.05) is 35.6 Å². The molecule has 136 valence electrons. The highest BCUT2D eigenvalue weighted by atomic mass is 16.6. The largest absolute Gasteiger partial charge is 0.421 e. The van der Waals surface area contributed by atoms with Crippen molar-refractivity contribution in [3.63, 3.8) is 0 Å². The summed E-state index contributed by atoms with van der Waals surface area (Å²) < 4.78 is 11.5. The van der Waals surface area contributed by atoms with Crippen molar-refractivity contribution >= 4 is 22.3 Å². The number of nitrogens with zero attached hydrogens (tertiary/aromatic N) is 1. The van der Waals surface area contributed by atoms with Gasteiger partial charge in [-0.2, -0.15) is 0 Å². The number of ether oxygens (including phenoxy) is 1. The van der Waals surface area contributed by atoms with Crippen molar-refractivity contribution in [2.45, 2.75) is 18.6 Å². The lowest BCUT2D eigenvalue weighted by Crippen LogP contribution is -2.32. The average molecular weight is 364 g/mol. The number of para-hydroxylation sites is 1. The molecule has 7 nitrogen and oxygen atoms in total. The number of nitro groups is 1. The predicted octanol–water partition coefficient (Wildman–Crippen LogP) is 3.95. The lowest BCUT2D eigenvalue weighted by molar-refractivity contribution is -0.384. The van der Waals surface area contributed by atoms with Gasteiger partial charge in [-0.15, -0.1) is 0 Å². The molecule has 0 saturated carbocycles. The molecule has 1 fully saturated rings. The summed E-state index contributed by atoms with van der Waals surface area (Å²) in [7, 11) is 0. The van der Waals surface area contributed by atoms with Crippen LogP contribution in [0.15, 0.2) is 57.7 Å². The van der Waals surface area contributed by atoms with Crippen molar-refractivity contribution in [3.05, 3.63) is 80.2 Å². The maximum absolute atomic E-state index is 12.6. The lowest BCUT2D eigenvalue weighted by Gasteiger charge is -2.36. The number of hydrogen-bond donors (Lipinski definition) is 1. The van der Waals surface area contributed by atoms with Gasteiger partial charge in [-0.05, 0) is 18.1 Å². The van der Waals surface area contributed by atoms with Crippen LogP contribution < -0.4 is 10.9 Å². The van der Waals surface area contributed by atoms with Crippen LogP contribution >= 0.6 is 0 Å². The minimum Gasteiger partial charge on any atom is -0.421 e. The Morgan fingerprint density at radius 2 is 1.89 bits per heavy atom. The van der Waals surface area contributed by atoms with E-state index in [1.165, 1.54) is 12.1 Å². The second kappa shape index (κ2) is 5.92. The van der Waals surface area contributed by atoms with Gasteiger partial charge in [-0.1, -0.05) is 30.3 Å². The Morgan fingerprint density at radius 3 is 2.67 bits per heavy atom. The number of hydrogen-bond acceptors (Lipinski definition) is 6. The standard InChI is InChI=1S/C20H16N2O5/c23-20-18-16(13-3-1-2-4-15(13)27-20)19-14(9-10-26-19)17(21-18)11-5-7-12(8-6-11)22(24)25/h1-8,14,17,19,21H,9-10H2/t14-,17-,19-/m0/s1. The highest BCUT2D eigenvalue weighted by molar-refractivity contribution is 5.86. The van der Waals surface area contributed by atoms with Crippen LogP contribution in [0.5, 0.6) is 0 Å². The summed E-state index contributed by atoms with van der Waals surface area (Å²) in [4.78, 5) is 23.1. The normalized spacial score (nSPS) is 23.5. The van der Waals surface area contributed by atoms with E-state index in [4.69, 9.17) is 9.15 Å². The molecule has 1 aromatic heterocycles. The monoisotopic (exact) mass is 364 g/mol. The smallest absolute Gasteiger partial charge is 0.360 e. The van der Waals surface area contributed by atoms with Gasteiger partial charge in [-0.3, -0.25) is 10.1 Å². The Hall–Kier alpha value is -3.19. The maximum atomic E-state index is 12.6. The molecule has 3 heterocycles. The van der Waals surface area contributed by atoms with E-state index < -0.39 is 10.5 Å². The van der Waals surface area contributed by atoms with Crippen molar-refractivity contribution in [2.24, 2.45) is 5.92 Å². The topological polar surface area (TPSA) is 94.6 Å². The Kier molecular flexibility index (Phi) is 3.51.